The van der Waals surface area contributed by atoms with Crippen LogP contribution in [0.4, 0.5) is 4.79 Å². The van der Waals surface area contributed by atoms with Gasteiger partial charge in [-0.1, -0.05) is 36.4 Å². The summed E-state index contributed by atoms with van der Waals surface area (Å²) in [5, 5.41) is 5.12. The number of methoxy groups -OCH3 is 1. The number of carbonyl (C=O) groups is 3. The molecule has 9 heteroatoms. The fraction of sp³-hybridized carbons (Fsp3) is 0.154. The minimum atomic E-state index is -1.41. The van der Waals surface area contributed by atoms with Crippen molar-refractivity contribution >= 4 is 23.5 Å². The van der Waals surface area contributed by atoms with Crippen LogP contribution in [0.1, 0.15) is 21.5 Å². The summed E-state index contributed by atoms with van der Waals surface area (Å²) in [7, 11) is 1.54. The smallest absolute Gasteiger partial charge is 0.322 e. The molecule has 4 aromatic rings. The second kappa shape index (κ2) is 7.69. The Hall–Kier alpha value is -4.66. The lowest BCUT2D eigenvalue weighted by atomic mass is 9.88. The molecule has 1 atom stereocenters. The fourth-order valence-corrected chi connectivity index (χ4v) is 4.85. The van der Waals surface area contributed by atoms with Gasteiger partial charge in [0, 0.05) is 23.9 Å². The van der Waals surface area contributed by atoms with E-state index in [-0.39, 0.29) is 12.5 Å². The number of imidazole rings is 1. The highest BCUT2D eigenvalue weighted by atomic mass is 16.5. The number of hydrogen-bond donors (Lipinski definition) is 2. The van der Waals surface area contributed by atoms with E-state index in [1.165, 1.54) is 0 Å². The number of pyridine rings is 1. The first-order chi connectivity index (χ1) is 17.0. The van der Waals surface area contributed by atoms with E-state index < -0.39 is 17.5 Å². The summed E-state index contributed by atoms with van der Waals surface area (Å²) < 4.78 is 7.22. The molecule has 0 radical (unpaired) electrons. The number of aromatic nitrogens is 2. The van der Waals surface area contributed by atoms with Crippen molar-refractivity contribution in [2.75, 3.05) is 13.7 Å². The van der Waals surface area contributed by atoms with Crippen LogP contribution in [0, 0.1) is 0 Å². The zero-order valence-corrected chi connectivity index (χ0v) is 18.8. The lowest BCUT2D eigenvalue weighted by Crippen LogP contribution is -2.52. The number of ether oxygens (including phenoxy) is 1. The Kier molecular flexibility index (Phi) is 4.60. The van der Waals surface area contributed by atoms with Gasteiger partial charge in [0.15, 0.2) is 5.54 Å². The average molecular weight is 467 g/mol. The standard InChI is InChI=1S/C26H21N5O4/c1-35-19-10-7-17-14-30(23(32)20(17)12-19)15-26(24(33)28-25(34)29-26)18-8-5-16(6-9-18)21-13-27-22-4-2-3-11-31(21)22/h2-13H,14-15H2,1H3,(H2,28,29,33,34)/t26-/m0/s1. The Bertz CT molecular complexity index is 1510. The number of hydrogen-bond acceptors (Lipinski definition) is 5. The maximum Gasteiger partial charge on any atom is 0.322 e. The van der Waals surface area contributed by atoms with E-state index in [0.29, 0.717) is 23.4 Å². The first kappa shape index (κ1) is 20.9. The normalized spacial score (nSPS) is 19.1. The van der Waals surface area contributed by atoms with Gasteiger partial charge in [0.1, 0.15) is 11.4 Å². The van der Waals surface area contributed by atoms with E-state index in [4.69, 9.17) is 4.74 Å². The van der Waals surface area contributed by atoms with Crippen molar-refractivity contribution < 1.29 is 19.1 Å². The number of imide groups is 1. The molecule has 2 aromatic carbocycles. The summed E-state index contributed by atoms with van der Waals surface area (Å²) in [5.41, 5.74) is 3.20. The number of fused-ring (bicyclic) bond motifs is 2. The number of benzene rings is 2. The SMILES string of the molecule is COc1ccc2c(c1)C(=O)N(C[C@@]1(c3ccc(-c4cnc5ccccn45)cc3)NC(=O)NC1=O)C2. The highest BCUT2D eigenvalue weighted by Gasteiger charge is 2.50. The van der Waals surface area contributed by atoms with Crippen LogP contribution in [-0.2, 0) is 16.9 Å². The summed E-state index contributed by atoms with van der Waals surface area (Å²) in [4.78, 5) is 44.5. The van der Waals surface area contributed by atoms with Crippen molar-refractivity contribution in [3.05, 3.63) is 89.7 Å². The predicted molar refractivity (Wildman–Crippen MR) is 127 cm³/mol. The Morgan fingerprint density at radius 1 is 1.06 bits per heavy atom. The zero-order chi connectivity index (χ0) is 24.2. The second-order valence-corrected chi connectivity index (χ2v) is 8.65. The van der Waals surface area contributed by atoms with Crippen molar-refractivity contribution in [1.82, 2.24) is 24.9 Å². The van der Waals surface area contributed by atoms with Crippen LogP contribution in [0.15, 0.2) is 73.1 Å². The molecule has 1 fully saturated rings. The lowest BCUT2D eigenvalue weighted by Gasteiger charge is -2.31. The molecule has 2 aromatic heterocycles. The first-order valence-corrected chi connectivity index (χ1v) is 11.1. The van der Waals surface area contributed by atoms with Crippen LogP contribution in [-0.4, -0.2) is 45.8 Å². The van der Waals surface area contributed by atoms with Gasteiger partial charge < -0.3 is 15.0 Å². The number of carbonyl (C=O) groups excluding carboxylic acids is 3. The minimum Gasteiger partial charge on any atom is -0.497 e. The number of nitrogens with zero attached hydrogens (tertiary/aromatic N) is 3. The molecular weight excluding hydrogens is 446 g/mol. The van der Waals surface area contributed by atoms with Crippen molar-refractivity contribution in [1.29, 1.82) is 0 Å². The highest BCUT2D eigenvalue weighted by Crippen LogP contribution is 2.33. The molecule has 2 aliphatic heterocycles. The molecule has 4 heterocycles. The van der Waals surface area contributed by atoms with E-state index in [9.17, 15) is 14.4 Å². The maximum atomic E-state index is 13.2. The molecule has 0 aliphatic carbocycles. The summed E-state index contributed by atoms with van der Waals surface area (Å²) in [6.45, 7) is 0.332. The van der Waals surface area contributed by atoms with Gasteiger partial charge in [0.25, 0.3) is 11.8 Å². The topological polar surface area (TPSA) is 105 Å². The summed E-state index contributed by atoms with van der Waals surface area (Å²) in [5.74, 6) is -0.121. The second-order valence-electron chi connectivity index (χ2n) is 8.65. The van der Waals surface area contributed by atoms with Crippen LogP contribution in [0.25, 0.3) is 16.9 Å². The van der Waals surface area contributed by atoms with Crippen molar-refractivity contribution in [2.45, 2.75) is 12.1 Å². The Labute approximate surface area is 200 Å². The van der Waals surface area contributed by atoms with E-state index in [2.05, 4.69) is 15.6 Å². The monoisotopic (exact) mass is 467 g/mol. The van der Waals surface area contributed by atoms with Gasteiger partial charge in [-0.15, -0.1) is 0 Å². The van der Waals surface area contributed by atoms with Crippen LogP contribution in [0.2, 0.25) is 0 Å². The first-order valence-electron chi connectivity index (χ1n) is 11.1. The Balaban J connectivity index is 1.35. The molecule has 174 valence electrons. The fourth-order valence-electron chi connectivity index (χ4n) is 4.85. The average Bonchev–Trinajstić information content (AvgIpc) is 3.53. The molecule has 1 saturated heterocycles. The van der Waals surface area contributed by atoms with Crippen molar-refractivity contribution in [2.24, 2.45) is 0 Å². The molecule has 6 rings (SSSR count). The van der Waals surface area contributed by atoms with Crippen LogP contribution in [0.3, 0.4) is 0 Å². The molecule has 4 amide bonds. The van der Waals surface area contributed by atoms with Crippen LogP contribution < -0.4 is 15.4 Å². The van der Waals surface area contributed by atoms with Gasteiger partial charge in [-0.3, -0.25) is 19.3 Å². The highest BCUT2D eigenvalue weighted by molar-refractivity contribution is 6.08. The molecule has 35 heavy (non-hydrogen) atoms. The van der Waals surface area contributed by atoms with Gasteiger partial charge in [0.2, 0.25) is 0 Å². The Morgan fingerprint density at radius 2 is 1.89 bits per heavy atom. The van der Waals surface area contributed by atoms with Crippen molar-refractivity contribution in [3.63, 3.8) is 0 Å². The third-order valence-corrected chi connectivity index (χ3v) is 6.66. The summed E-state index contributed by atoms with van der Waals surface area (Å²) >= 11 is 0. The van der Waals surface area contributed by atoms with E-state index in [1.54, 1.807) is 42.5 Å². The number of amides is 4. The van der Waals surface area contributed by atoms with E-state index in [1.807, 2.05) is 47.0 Å². The molecule has 0 saturated carbocycles. The van der Waals surface area contributed by atoms with Crippen molar-refractivity contribution in [3.8, 4) is 17.0 Å². The minimum absolute atomic E-state index is 0.00460. The number of rotatable bonds is 5. The molecule has 0 bridgehead atoms. The largest absolute Gasteiger partial charge is 0.497 e. The summed E-state index contributed by atoms with van der Waals surface area (Å²) in [6, 6.07) is 17.9. The molecule has 0 spiro atoms. The van der Waals surface area contributed by atoms with E-state index in [0.717, 1.165) is 22.5 Å². The van der Waals surface area contributed by atoms with Gasteiger partial charge in [-0.05, 0) is 35.4 Å². The third-order valence-electron chi connectivity index (χ3n) is 6.66. The van der Waals surface area contributed by atoms with Crippen LogP contribution in [0.5, 0.6) is 5.75 Å². The quantitative estimate of drug-likeness (QED) is 0.439. The van der Waals surface area contributed by atoms with E-state index >= 15 is 0 Å². The van der Waals surface area contributed by atoms with Crippen LogP contribution >= 0.6 is 0 Å². The summed E-state index contributed by atoms with van der Waals surface area (Å²) in [6.07, 6.45) is 3.72. The number of nitrogens with one attached hydrogen (secondary N) is 2. The van der Waals surface area contributed by atoms with Gasteiger partial charge in [-0.2, -0.15) is 0 Å². The van der Waals surface area contributed by atoms with Gasteiger partial charge in [0.05, 0.1) is 25.5 Å². The number of urea groups is 1. The third kappa shape index (κ3) is 3.23. The lowest BCUT2D eigenvalue weighted by molar-refractivity contribution is -0.124. The molecule has 0 unspecified atom stereocenters. The zero-order valence-electron chi connectivity index (χ0n) is 18.8. The van der Waals surface area contributed by atoms with Gasteiger partial charge >= 0.3 is 6.03 Å². The maximum absolute atomic E-state index is 13.2. The predicted octanol–water partition coefficient (Wildman–Crippen LogP) is 2.70. The molecular formula is C26H21N5O4. The molecule has 2 aliphatic rings. The molecule has 2 N–H and O–H groups in total. The van der Waals surface area contributed by atoms with Gasteiger partial charge in [-0.25, -0.2) is 9.78 Å². The Morgan fingerprint density at radius 3 is 2.63 bits per heavy atom. The molecule has 9 nitrogen and oxygen atoms in total.